The smallest absolute Gasteiger partial charge is 0.243 e. The zero-order chi connectivity index (χ0) is 17.3. The number of benzene rings is 2. The number of ether oxygens (including phenoxy) is 1. The second-order valence-corrected chi connectivity index (χ2v) is 8.06. The molecular weight excluding hydrogens is 329 g/mol. The molecule has 0 aliphatic carbocycles. The molecule has 128 valence electrons. The Kier molecular flexibility index (Phi) is 4.71. The van der Waals surface area contributed by atoms with E-state index in [9.17, 15) is 12.8 Å². The van der Waals surface area contributed by atoms with Gasteiger partial charge in [-0.05, 0) is 43.7 Å². The van der Waals surface area contributed by atoms with Crippen LogP contribution in [0.1, 0.15) is 24.2 Å². The first-order chi connectivity index (χ1) is 11.4. The molecular formula is C18H20FNO3S. The number of halogens is 1. The number of hydrogen-bond acceptors (Lipinski definition) is 3. The van der Waals surface area contributed by atoms with Gasteiger partial charge in [0.05, 0.1) is 17.1 Å². The molecule has 1 aliphatic rings. The van der Waals surface area contributed by atoms with Crippen LogP contribution < -0.4 is 0 Å². The standard InChI is InChI=1S/C18H20FNO3S/c1-13-3-5-15(6-4-13)18-12-20(11-14(2)23-18)24(21,22)17-9-7-16(19)8-10-17/h3-10,14,18H,11-12H2,1-2H3. The number of sulfonamides is 1. The van der Waals surface area contributed by atoms with Crippen LogP contribution in [0.15, 0.2) is 53.4 Å². The van der Waals surface area contributed by atoms with Crippen molar-refractivity contribution in [1.29, 1.82) is 0 Å². The number of rotatable bonds is 3. The van der Waals surface area contributed by atoms with Crippen molar-refractivity contribution in [3.8, 4) is 0 Å². The normalized spacial score (nSPS) is 22.5. The van der Waals surface area contributed by atoms with Gasteiger partial charge in [0.15, 0.2) is 0 Å². The van der Waals surface area contributed by atoms with E-state index in [1.807, 2.05) is 38.1 Å². The van der Waals surface area contributed by atoms with Crippen molar-refractivity contribution >= 4 is 10.0 Å². The van der Waals surface area contributed by atoms with Gasteiger partial charge in [0.25, 0.3) is 0 Å². The second-order valence-electron chi connectivity index (χ2n) is 6.12. The summed E-state index contributed by atoms with van der Waals surface area (Å²) < 4.78 is 46.1. The lowest BCUT2D eigenvalue weighted by Crippen LogP contribution is -2.45. The maximum absolute atomic E-state index is 13.1. The van der Waals surface area contributed by atoms with Crippen LogP contribution in [0, 0.1) is 12.7 Å². The van der Waals surface area contributed by atoms with E-state index in [0.29, 0.717) is 0 Å². The lowest BCUT2D eigenvalue weighted by molar-refractivity contribution is -0.0557. The highest BCUT2D eigenvalue weighted by Gasteiger charge is 2.34. The van der Waals surface area contributed by atoms with E-state index < -0.39 is 15.8 Å². The quantitative estimate of drug-likeness (QED) is 0.854. The van der Waals surface area contributed by atoms with E-state index in [2.05, 4.69) is 0 Å². The molecule has 0 spiro atoms. The maximum Gasteiger partial charge on any atom is 0.243 e. The van der Waals surface area contributed by atoms with Gasteiger partial charge in [0, 0.05) is 13.1 Å². The Morgan fingerprint density at radius 3 is 2.29 bits per heavy atom. The largest absolute Gasteiger partial charge is 0.368 e. The first-order valence-electron chi connectivity index (χ1n) is 7.84. The Balaban J connectivity index is 1.87. The zero-order valence-corrected chi connectivity index (χ0v) is 14.5. The fourth-order valence-electron chi connectivity index (χ4n) is 2.83. The maximum atomic E-state index is 13.1. The van der Waals surface area contributed by atoms with E-state index in [0.717, 1.165) is 23.3 Å². The summed E-state index contributed by atoms with van der Waals surface area (Å²) in [5.74, 6) is -0.457. The molecule has 1 fully saturated rings. The molecule has 2 atom stereocenters. The van der Waals surface area contributed by atoms with Crippen molar-refractivity contribution in [1.82, 2.24) is 4.31 Å². The average molecular weight is 349 g/mol. The van der Waals surface area contributed by atoms with E-state index in [-0.39, 0.29) is 30.2 Å². The molecule has 0 N–H and O–H groups in total. The highest BCUT2D eigenvalue weighted by Crippen LogP contribution is 2.29. The van der Waals surface area contributed by atoms with E-state index in [1.54, 1.807) is 0 Å². The Morgan fingerprint density at radius 2 is 1.67 bits per heavy atom. The molecule has 24 heavy (non-hydrogen) atoms. The Labute approximate surface area is 141 Å². The highest BCUT2D eigenvalue weighted by molar-refractivity contribution is 7.89. The molecule has 6 heteroatoms. The van der Waals surface area contributed by atoms with Crippen molar-refractivity contribution in [2.75, 3.05) is 13.1 Å². The molecule has 0 radical (unpaired) electrons. The Hall–Kier alpha value is -1.76. The highest BCUT2D eigenvalue weighted by atomic mass is 32.2. The molecule has 0 bridgehead atoms. The summed E-state index contributed by atoms with van der Waals surface area (Å²) in [5.41, 5.74) is 2.09. The minimum atomic E-state index is -3.67. The van der Waals surface area contributed by atoms with Crippen LogP contribution in [0.2, 0.25) is 0 Å². The lowest BCUT2D eigenvalue weighted by atomic mass is 10.1. The van der Waals surface area contributed by atoms with Gasteiger partial charge in [-0.3, -0.25) is 0 Å². The monoisotopic (exact) mass is 349 g/mol. The molecule has 0 saturated carbocycles. The molecule has 3 rings (SSSR count). The van der Waals surface area contributed by atoms with Crippen molar-refractivity contribution in [2.24, 2.45) is 0 Å². The first-order valence-corrected chi connectivity index (χ1v) is 9.28. The third kappa shape index (κ3) is 3.50. The average Bonchev–Trinajstić information content (AvgIpc) is 2.55. The molecule has 4 nitrogen and oxygen atoms in total. The Morgan fingerprint density at radius 1 is 1.04 bits per heavy atom. The van der Waals surface area contributed by atoms with Crippen LogP contribution >= 0.6 is 0 Å². The summed E-state index contributed by atoms with van der Waals surface area (Å²) in [7, 11) is -3.67. The van der Waals surface area contributed by atoms with E-state index in [4.69, 9.17) is 4.74 Å². The fourth-order valence-corrected chi connectivity index (χ4v) is 4.35. The molecule has 1 aliphatic heterocycles. The zero-order valence-electron chi connectivity index (χ0n) is 13.6. The van der Waals surface area contributed by atoms with Crippen LogP contribution in [0.3, 0.4) is 0 Å². The number of morpholine rings is 1. The van der Waals surface area contributed by atoms with Crippen LogP contribution in [0.5, 0.6) is 0 Å². The number of hydrogen-bond donors (Lipinski definition) is 0. The summed E-state index contributed by atoms with van der Waals surface area (Å²) in [6.07, 6.45) is -0.537. The summed E-state index contributed by atoms with van der Waals surface area (Å²) >= 11 is 0. The van der Waals surface area contributed by atoms with Crippen molar-refractivity contribution in [3.05, 3.63) is 65.5 Å². The van der Waals surface area contributed by atoms with Gasteiger partial charge in [-0.15, -0.1) is 0 Å². The van der Waals surface area contributed by atoms with Crippen molar-refractivity contribution in [3.63, 3.8) is 0 Å². The molecule has 1 heterocycles. The third-order valence-corrected chi connectivity index (χ3v) is 5.97. The summed E-state index contributed by atoms with van der Waals surface area (Å²) in [6, 6.07) is 12.8. The van der Waals surface area contributed by atoms with Gasteiger partial charge < -0.3 is 4.74 Å². The molecule has 0 aromatic heterocycles. The first kappa shape index (κ1) is 17.1. The minimum Gasteiger partial charge on any atom is -0.368 e. The van der Waals surface area contributed by atoms with Gasteiger partial charge in [-0.25, -0.2) is 12.8 Å². The fraction of sp³-hybridized carbons (Fsp3) is 0.333. The predicted octanol–water partition coefficient (Wildman–Crippen LogP) is 3.28. The second kappa shape index (κ2) is 6.63. The van der Waals surface area contributed by atoms with E-state index in [1.165, 1.54) is 16.4 Å². The molecule has 1 saturated heterocycles. The molecule has 0 amide bonds. The minimum absolute atomic E-state index is 0.0978. The Bertz CT molecular complexity index is 803. The van der Waals surface area contributed by atoms with Gasteiger partial charge in [0.1, 0.15) is 5.82 Å². The summed E-state index contributed by atoms with van der Waals surface area (Å²) in [6.45, 7) is 4.38. The van der Waals surface area contributed by atoms with Gasteiger partial charge in [-0.1, -0.05) is 29.8 Å². The molecule has 2 aromatic carbocycles. The molecule has 2 unspecified atom stereocenters. The van der Waals surface area contributed by atoms with Crippen LogP contribution in [0.25, 0.3) is 0 Å². The van der Waals surface area contributed by atoms with Gasteiger partial charge in [0.2, 0.25) is 10.0 Å². The van der Waals surface area contributed by atoms with Crippen LogP contribution in [-0.2, 0) is 14.8 Å². The van der Waals surface area contributed by atoms with E-state index >= 15 is 0 Å². The SMILES string of the molecule is Cc1ccc(C2CN(S(=O)(=O)c3ccc(F)cc3)CC(C)O2)cc1. The van der Waals surface area contributed by atoms with Crippen molar-refractivity contribution < 1.29 is 17.5 Å². The van der Waals surface area contributed by atoms with Crippen molar-refractivity contribution in [2.45, 2.75) is 31.0 Å². The predicted molar refractivity (Wildman–Crippen MR) is 89.6 cm³/mol. The number of nitrogens with zero attached hydrogens (tertiary/aromatic N) is 1. The van der Waals surface area contributed by atoms with Gasteiger partial charge >= 0.3 is 0 Å². The summed E-state index contributed by atoms with van der Waals surface area (Å²) in [4.78, 5) is 0.0978. The molecule has 2 aromatic rings. The third-order valence-electron chi connectivity index (χ3n) is 4.13. The topological polar surface area (TPSA) is 46.6 Å². The van der Waals surface area contributed by atoms with Gasteiger partial charge in [-0.2, -0.15) is 4.31 Å². The lowest BCUT2D eigenvalue weighted by Gasteiger charge is -2.36. The van der Waals surface area contributed by atoms with Crippen LogP contribution in [-0.4, -0.2) is 31.9 Å². The number of aryl methyl sites for hydroxylation is 1. The summed E-state index contributed by atoms with van der Waals surface area (Å²) in [5, 5.41) is 0. The van der Waals surface area contributed by atoms with Crippen LogP contribution in [0.4, 0.5) is 4.39 Å².